The van der Waals surface area contributed by atoms with Gasteiger partial charge in [0.1, 0.15) is 17.8 Å². The number of fused-ring (bicyclic) bond motifs is 3. The highest BCUT2D eigenvalue weighted by atomic mass is 16.4. The first kappa shape index (κ1) is 29.2. The first-order valence-electron chi connectivity index (χ1n) is 13.9. The number of amides is 1. The SMILES string of the molecule is CC(C)[C@H]1C(O)[C@@H](C(N)=O)C(=O)[C@]2(O)C(O)[C@H]3C(=O)c4c(cc(-c5ccccc5)c(N)c4O)[C@@H](C)[C@]3(C)[C@@H](O)[C@]12C. The summed E-state index contributed by atoms with van der Waals surface area (Å²) >= 11 is 0. The highest BCUT2D eigenvalue weighted by molar-refractivity contribution is 6.10. The van der Waals surface area contributed by atoms with Crippen LogP contribution in [-0.4, -0.2) is 66.9 Å². The summed E-state index contributed by atoms with van der Waals surface area (Å²) in [6, 6.07) is 10.7. The Morgan fingerprint density at radius 1 is 1.05 bits per heavy atom. The van der Waals surface area contributed by atoms with Gasteiger partial charge in [0, 0.05) is 16.4 Å². The second kappa shape index (κ2) is 9.09. The number of anilines is 1. The molecule has 3 aliphatic carbocycles. The van der Waals surface area contributed by atoms with Crippen molar-refractivity contribution in [2.45, 2.75) is 64.4 Å². The van der Waals surface area contributed by atoms with Gasteiger partial charge in [-0.05, 0) is 34.9 Å². The van der Waals surface area contributed by atoms with Crippen LogP contribution >= 0.6 is 0 Å². The third kappa shape index (κ3) is 3.30. The molecule has 2 saturated carbocycles. The maximum atomic E-state index is 14.3. The molecule has 2 aromatic carbocycles. The van der Waals surface area contributed by atoms with E-state index >= 15 is 0 Å². The van der Waals surface area contributed by atoms with Crippen molar-refractivity contribution in [1.82, 2.24) is 0 Å². The molecule has 1 amide bonds. The quantitative estimate of drug-likeness (QED) is 0.162. The molecular weight excluding hydrogens is 528 g/mol. The lowest BCUT2D eigenvalue weighted by Gasteiger charge is -2.69. The molecule has 3 aliphatic rings. The number of primary amides is 1. The van der Waals surface area contributed by atoms with Crippen molar-refractivity contribution in [3.05, 3.63) is 47.5 Å². The van der Waals surface area contributed by atoms with Gasteiger partial charge in [0.15, 0.2) is 17.2 Å². The maximum Gasteiger partial charge on any atom is 0.230 e. The number of aliphatic hydroxyl groups excluding tert-OH is 3. The number of carbonyl (C=O) groups is 3. The lowest BCUT2D eigenvalue weighted by molar-refractivity contribution is -0.306. The zero-order valence-corrected chi connectivity index (χ0v) is 23.7. The van der Waals surface area contributed by atoms with Crippen LogP contribution < -0.4 is 11.5 Å². The summed E-state index contributed by atoms with van der Waals surface area (Å²) in [5.74, 6) is -9.47. The number of nitrogens with two attached hydrogens (primary N) is 2. The summed E-state index contributed by atoms with van der Waals surface area (Å²) in [6.07, 6.45) is -5.40. The Morgan fingerprint density at radius 2 is 1.63 bits per heavy atom. The first-order valence-corrected chi connectivity index (χ1v) is 13.9. The fourth-order valence-electron chi connectivity index (χ4n) is 8.69. The van der Waals surface area contributed by atoms with Crippen LogP contribution in [-0.2, 0) is 9.59 Å². The number of benzene rings is 2. The third-order valence-electron chi connectivity index (χ3n) is 10.9. The zero-order valence-electron chi connectivity index (χ0n) is 23.7. The molecule has 10 nitrogen and oxygen atoms in total. The Labute approximate surface area is 238 Å². The van der Waals surface area contributed by atoms with Gasteiger partial charge in [0.05, 0.1) is 29.4 Å². The van der Waals surface area contributed by atoms with E-state index in [0.717, 1.165) is 0 Å². The number of hydrogen-bond donors (Lipinski definition) is 7. The van der Waals surface area contributed by atoms with Crippen LogP contribution in [0.2, 0.25) is 0 Å². The number of nitrogen functional groups attached to an aromatic ring is 1. The zero-order chi connectivity index (χ0) is 30.6. The van der Waals surface area contributed by atoms with E-state index in [9.17, 15) is 39.9 Å². The summed E-state index contributed by atoms with van der Waals surface area (Å²) in [7, 11) is 0. The van der Waals surface area contributed by atoms with Gasteiger partial charge in [0.25, 0.3) is 0 Å². The van der Waals surface area contributed by atoms with Crippen LogP contribution in [0.4, 0.5) is 5.69 Å². The van der Waals surface area contributed by atoms with Crippen LogP contribution in [0.1, 0.15) is 56.5 Å². The number of phenols is 1. The van der Waals surface area contributed by atoms with Crippen molar-refractivity contribution in [2.24, 2.45) is 40.2 Å². The van der Waals surface area contributed by atoms with Gasteiger partial charge in [-0.2, -0.15) is 0 Å². The number of rotatable bonds is 3. The van der Waals surface area contributed by atoms with Crippen molar-refractivity contribution >= 4 is 23.2 Å². The molecule has 10 heteroatoms. The van der Waals surface area contributed by atoms with Crippen molar-refractivity contribution in [3.63, 3.8) is 0 Å². The third-order valence-corrected chi connectivity index (χ3v) is 10.9. The number of ketones is 2. The van der Waals surface area contributed by atoms with E-state index in [2.05, 4.69) is 0 Å². The fourth-order valence-corrected chi connectivity index (χ4v) is 8.69. The summed E-state index contributed by atoms with van der Waals surface area (Å²) < 4.78 is 0. The number of hydrogen-bond acceptors (Lipinski definition) is 9. The molecule has 0 aliphatic heterocycles. The second-order valence-corrected chi connectivity index (χ2v) is 12.8. The van der Waals surface area contributed by atoms with Crippen LogP contribution in [0.3, 0.4) is 0 Å². The fraction of sp³-hybridized carbons (Fsp3) is 0.516. The van der Waals surface area contributed by atoms with Crippen molar-refractivity contribution in [2.75, 3.05) is 5.73 Å². The van der Waals surface area contributed by atoms with E-state index < -0.39 is 87.6 Å². The topological polar surface area (TPSA) is 204 Å². The Morgan fingerprint density at radius 3 is 2.17 bits per heavy atom. The monoisotopic (exact) mass is 566 g/mol. The van der Waals surface area contributed by atoms with E-state index in [1.165, 1.54) is 6.92 Å². The highest BCUT2D eigenvalue weighted by Crippen LogP contribution is 2.68. The molecular formula is C31H38N2O8. The molecule has 2 fully saturated rings. The summed E-state index contributed by atoms with van der Waals surface area (Å²) in [5, 5.41) is 59.0. The molecule has 0 bridgehead atoms. The van der Waals surface area contributed by atoms with Gasteiger partial charge < -0.3 is 37.0 Å². The average molecular weight is 567 g/mol. The number of aliphatic hydroxyl groups is 4. The van der Waals surface area contributed by atoms with E-state index in [0.29, 0.717) is 16.7 Å². The molecule has 41 heavy (non-hydrogen) atoms. The smallest absolute Gasteiger partial charge is 0.230 e. The van der Waals surface area contributed by atoms with Gasteiger partial charge in [-0.15, -0.1) is 0 Å². The van der Waals surface area contributed by atoms with Crippen LogP contribution in [0.5, 0.6) is 5.75 Å². The van der Waals surface area contributed by atoms with Gasteiger partial charge in [-0.25, -0.2) is 0 Å². The molecule has 0 heterocycles. The van der Waals surface area contributed by atoms with Crippen molar-refractivity contribution < 1.29 is 39.9 Å². The molecule has 0 spiro atoms. The van der Waals surface area contributed by atoms with Gasteiger partial charge >= 0.3 is 0 Å². The van der Waals surface area contributed by atoms with Crippen molar-refractivity contribution in [3.8, 4) is 16.9 Å². The number of aromatic hydroxyl groups is 1. The van der Waals surface area contributed by atoms with Gasteiger partial charge in [-0.1, -0.05) is 65.0 Å². The lowest BCUT2D eigenvalue weighted by Crippen LogP contribution is -2.83. The molecule has 5 rings (SSSR count). The highest BCUT2D eigenvalue weighted by Gasteiger charge is 2.80. The molecule has 2 unspecified atom stereocenters. The Bertz CT molecular complexity index is 1460. The molecule has 9 N–H and O–H groups in total. The van der Waals surface area contributed by atoms with Crippen molar-refractivity contribution in [1.29, 1.82) is 0 Å². The van der Waals surface area contributed by atoms with Crippen LogP contribution in [0.25, 0.3) is 11.1 Å². The van der Waals surface area contributed by atoms with E-state index in [-0.39, 0.29) is 11.3 Å². The number of carbonyl (C=O) groups excluding carboxylic acids is 3. The summed E-state index contributed by atoms with van der Waals surface area (Å²) in [5.41, 5.74) is 6.91. The summed E-state index contributed by atoms with van der Waals surface area (Å²) in [6.45, 7) is 8.17. The average Bonchev–Trinajstić information content (AvgIpc) is 2.90. The number of phenolic OH excluding ortho intramolecular Hbond substituents is 1. The van der Waals surface area contributed by atoms with E-state index in [1.54, 1.807) is 58.0 Å². The Kier molecular flexibility index (Phi) is 6.47. The van der Waals surface area contributed by atoms with E-state index in [1.807, 2.05) is 6.07 Å². The normalized spacial score (nSPS) is 40.1. The van der Waals surface area contributed by atoms with Crippen LogP contribution in [0, 0.1) is 34.5 Å². The minimum atomic E-state index is -2.83. The molecule has 0 radical (unpaired) electrons. The second-order valence-electron chi connectivity index (χ2n) is 12.8. The maximum absolute atomic E-state index is 14.3. The van der Waals surface area contributed by atoms with Gasteiger partial charge in [0.2, 0.25) is 5.91 Å². The standard InChI is InChI=1S/C31H38N2O8/c1-12(2)19-23(35)18(27(33)39)25(37)31(41)26(38)20-22(34)17-15(13(3)29(20,4)28(40)30(19,31)5)11-16(21(32)24(17)36)14-9-7-6-8-10-14/h6-13,18-20,23,26,28,35-36,38,40-41H,32H2,1-5H3,(H2,33,39)/t13-,18-,19+,20-,23?,26?,28-,29+,30+,31+/m1/s1. The largest absolute Gasteiger partial charge is 0.505 e. The Hall–Kier alpha value is -3.31. The molecule has 0 saturated heterocycles. The minimum Gasteiger partial charge on any atom is -0.505 e. The Balaban J connectivity index is 1.80. The first-order chi connectivity index (χ1) is 19.0. The number of Topliss-reactive ketones (excluding diaryl/α,β-unsaturated/α-hetero) is 2. The van der Waals surface area contributed by atoms with Crippen LogP contribution in [0.15, 0.2) is 36.4 Å². The molecule has 220 valence electrons. The minimum absolute atomic E-state index is 0.0565. The lowest BCUT2D eigenvalue weighted by atomic mass is 9.36. The predicted molar refractivity (Wildman–Crippen MR) is 149 cm³/mol. The molecule has 0 aromatic heterocycles. The molecule has 10 atom stereocenters. The molecule has 2 aromatic rings. The van der Waals surface area contributed by atoms with E-state index in [4.69, 9.17) is 11.5 Å². The summed E-state index contributed by atoms with van der Waals surface area (Å²) in [4.78, 5) is 40.5. The predicted octanol–water partition coefficient (Wildman–Crippen LogP) is 1.35. The van der Waals surface area contributed by atoms with Gasteiger partial charge in [-0.3, -0.25) is 14.4 Å².